The van der Waals surface area contributed by atoms with Crippen LogP contribution < -0.4 is 5.32 Å². The molecule has 0 aliphatic rings. The van der Waals surface area contributed by atoms with E-state index >= 15 is 0 Å². The highest BCUT2D eigenvalue weighted by atomic mass is 16.6. The second-order valence-corrected chi connectivity index (χ2v) is 4.14. The fourth-order valence-corrected chi connectivity index (χ4v) is 1.16. The monoisotopic (exact) mass is 187 g/mol. The molecule has 1 unspecified atom stereocenters. The summed E-state index contributed by atoms with van der Waals surface area (Å²) >= 11 is 0. The van der Waals surface area contributed by atoms with E-state index in [9.17, 15) is 4.79 Å². The lowest BCUT2D eigenvalue weighted by atomic mass is 10.1. The summed E-state index contributed by atoms with van der Waals surface area (Å²) in [5.74, 6) is 0.557. The van der Waals surface area contributed by atoms with Crippen LogP contribution in [0, 0.1) is 5.92 Å². The molecule has 1 N–H and O–H groups in total. The van der Waals surface area contributed by atoms with Crippen molar-refractivity contribution in [1.29, 1.82) is 0 Å². The van der Waals surface area contributed by atoms with Crippen LogP contribution >= 0.6 is 0 Å². The van der Waals surface area contributed by atoms with Gasteiger partial charge < -0.3 is 10.1 Å². The third kappa shape index (κ3) is 7.62. The Kier molecular flexibility index (Phi) is 5.51. The van der Waals surface area contributed by atoms with Crippen LogP contribution in [0.2, 0.25) is 0 Å². The van der Waals surface area contributed by atoms with E-state index in [0.717, 1.165) is 6.42 Å². The van der Waals surface area contributed by atoms with Crippen LogP contribution in [0.3, 0.4) is 0 Å². The maximum atomic E-state index is 11.1. The Balaban J connectivity index is 3.65. The molecule has 0 heterocycles. The Hall–Kier alpha value is -0.730. The zero-order chi connectivity index (χ0) is 10.4. The second kappa shape index (κ2) is 5.84. The van der Waals surface area contributed by atoms with Gasteiger partial charge in [0.2, 0.25) is 0 Å². The van der Waals surface area contributed by atoms with E-state index in [4.69, 9.17) is 4.74 Å². The minimum Gasteiger partial charge on any atom is -0.447 e. The van der Waals surface area contributed by atoms with Gasteiger partial charge in [0.25, 0.3) is 0 Å². The van der Waals surface area contributed by atoms with Crippen molar-refractivity contribution in [2.45, 2.75) is 53.2 Å². The smallest absolute Gasteiger partial charge is 0.407 e. The molecule has 1 amide bonds. The third-order valence-corrected chi connectivity index (χ3v) is 1.52. The summed E-state index contributed by atoms with van der Waals surface area (Å²) in [6.45, 7) is 9.96. The van der Waals surface area contributed by atoms with E-state index in [1.807, 2.05) is 20.8 Å². The Morgan fingerprint density at radius 2 is 1.77 bits per heavy atom. The molecule has 3 heteroatoms. The van der Waals surface area contributed by atoms with Gasteiger partial charge >= 0.3 is 6.09 Å². The maximum Gasteiger partial charge on any atom is 0.407 e. The van der Waals surface area contributed by atoms with Gasteiger partial charge in [-0.15, -0.1) is 0 Å². The predicted molar refractivity (Wildman–Crippen MR) is 53.7 cm³/mol. The van der Waals surface area contributed by atoms with Crippen LogP contribution in [0.4, 0.5) is 4.79 Å². The lowest BCUT2D eigenvalue weighted by Crippen LogP contribution is -2.33. The minimum absolute atomic E-state index is 0.00116. The van der Waals surface area contributed by atoms with Gasteiger partial charge in [0, 0.05) is 6.04 Å². The van der Waals surface area contributed by atoms with E-state index in [0.29, 0.717) is 5.92 Å². The number of nitrogens with one attached hydrogen (secondary N) is 1. The summed E-state index contributed by atoms with van der Waals surface area (Å²) in [4.78, 5) is 11.1. The molecule has 0 aliphatic carbocycles. The van der Waals surface area contributed by atoms with E-state index in [-0.39, 0.29) is 18.2 Å². The maximum absolute atomic E-state index is 11.1. The van der Waals surface area contributed by atoms with E-state index in [1.54, 1.807) is 0 Å². The molecule has 0 rings (SSSR count). The number of hydrogen-bond donors (Lipinski definition) is 1. The molecule has 1 atom stereocenters. The molecule has 0 aromatic carbocycles. The van der Waals surface area contributed by atoms with Crippen LogP contribution in [0.15, 0.2) is 0 Å². The molecule has 0 aromatic rings. The molecule has 0 spiro atoms. The summed E-state index contributed by atoms with van der Waals surface area (Å²) < 4.78 is 5.12. The molecule has 0 aromatic heterocycles. The van der Waals surface area contributed by atoms with Gasteiger partial charge in [-0.2, -0.15) is 0 Å². The van der Waals surface area contributed by atoms with Crippen LogP contribution in [0.25, 0.3) is 0 Å². The van der Waals surface area contributed by atoms with E-state index in [2.05, 4.69) is 19.2 Å². The fourth-order valence-electron chi connectivity index (χ4n) is 1.16. The SMILES string of the molecule is CC(C)CC(C)OC(=O)NC(C)C. The highest BCUT2D eigenvalue weighted by Gasteiger charge is 2.11. The zero-order valence-corrected chi connectivity index (χ0v) is 9.26. The second-order valence-electron chi connectivity index (χ2n) is 4.14. The van der Waals surface area contributed by atoms with E-state index < -0.39 is 0 Å². The number of ether oxygens (including phenoxy) is 1. The first-order valence-electron chi connectivity index (χ1n) is 4.89. The first-order chi connectivity index (χ1) is 5.91. The van der Waals surface area contributed by atoms with Crippen molar-refractivity contribution in [2.75, 3.05) is 0 Å². The normalized spacial score (nSPS) is 13.2. The van der Waals surface area contributed by atoms with Gasteiger partial charge in [-0.1, -0.05) is 13.8 Å². The Labute approximate surface area is 80.8 Å². The highest BCUT2D eigenvalue weighted by Crippen LogP contribution is 2.07. The van der Waals surface area contributed by atoms with Crippen LogP contribution in [0.1, 0.15) is 41.0 Å². The molecular formula is C10H21NO2. The van der Waals surface area contributed by atoms with Gasteiger partial charge in [-0.25, -0.2) is 4.79 Å². The number of rotatable bonds is 4. The molecule has 13 heavy (non-hydrogen) atoms. The van der Waals surface area contributed by atoms with Gasteiger partial charge in [-0.05, 0) is 33.1 Å². The number of carbonyl (C=O) groups excluding carboxylic acids is 1. The average molecular weight is 187 g/mol. The summed E-state index contributed by atoms with van der Waals surface area (Å²) in [6, 6.07) is 0.138. The fraction of sp³-hybridized carbons (Fsp3) is 0.900. The number of alkyl carbamates (subject to hydrolysis) is 1. The van der Waals surface area contributed by atoms with Gasteiger partial charge in [0.05, 0.1) is 0 Å². The standard InChI is InChI=1S/C10H21NO2/c1-7(2)6-9(5)13-10(12)11-8(3)4/h7-9H,6H2,1-5H3,(H,11,12). The van der Waals surface area contributed by atoms with Crippen LogP contribution in [-0.2, 0) is 4.74 Å². The minimum atomic E-state index is -0.317. The largest absolute Gasteiger partial charge is 0.447 e. The quantitative estimate of drug-likeness (QED) is 0.734. The van der Waals surface area contributed by atoms with Crippen molar-refractivity contribution in [1.82, 2.24) is 5.32 Å². The van der Waals surface area contributed by atoms with Crippen molar-refractivity contribution in [3.8, 4) is 0 Å². The summed E-state index contributed by atoms with van der Waals surface area (Å²) in [7, 11) is 0. The average Bonchev–Trinajstić information content (AvgIpc) is 1.80. The Bertz CT molecular complexity index is 155. The molecule has 0 fully saturated rings. The zero-order valence-electron chi connectivity index (χ0n) is 9.26. The summed E-state index contributed by atoms with van der Waals surface area (Å²) in [5.41, 5.74) is 0. The topological polar surface area (TPSA) is 38.3 Å². The molecule has 0 radical (unpaired) electrons. The van der Waals surface area contributed by atoms with Crippen molar-refractivity contribution in [2.24, 2.45) is 5.92 Å². The molecule has 0 saturated heterocycles. The first-order valence-corrected chi connectivity index (χ1v) is 4.89. The van der Waals surface area contributed by atoms with Crippen molar-refractivity contribution in [3.63, 3.8) is 0 Å². The number of hydrogen-bond acceptors (Lipinski definition) is 2. The summed E-state index contributed by atoms with van der Waals surface area (Å²) in [5, 5.41) is 2.69. The van der Waals surface area contributed by atoms with Gasteiger partial charge in [0.15, 0.2) is 0 Å². The highest BCUT2D eigenvalue weighted by molar-refractivity contribution is 5.67. The number of carbonyl (C=O) groups is 1. The predicted octanol–water partition coefficient (Wildman–Crippen LogP) is 2.56. The molecule has 0 aliphatic heterocycles. The van der Waals surface area contributed by atoms with Crippen molar-refractivity contribution >= 4 is 6.09 Å². The third-order valence-electron chi connectivity index (χ3n) is 1.52. The lowest BCUT2D eigenvalue weighted by Gasteiger charge is -2.16. The van der Waals surface area contributed by atoms with Crippen molar-refractivity contribution in [3.05, 3.63) is 0 Å². The van der Waals surface area contributed by atoms with Crippen LogP contribution in [-0.4, -0.2) is 18.2 Å². The lowest BCUT2D eigenvalue weighted by molar-refractivity contribution is 0.0935. The molecular weight excluding hydrogens is 166 g/mol. The Morgan fingerprint density at radius 3 is 2.15 bits per heavy atom. The summed E-state index contributed by atoms with van der Waals surface area (Å²) in [6.07, 6.45) is 0.591. The van der Waals surface area contributed by atoms with Crippen LogP contribution in [0.5, 0.6) is 0 Å². The Morgan fingerprint density at radius 1 is 1.23 bits per heavy atom. The first kappa shape index (κ1) is 12.3. The van der Waals surface area contributed by atoms with Gasteiger partial charge in [0.1, 0.15) is 6.10 Å². The molecule has 78 valence electrons. The molecule has 0 saturated carbocycles. The molecule has 0 bridgehead atoms. The number of amides is 1. The van der Waals surface area contributed by atoms with Gasteiger partial charge in [-0.3, -0.25) is 0 Å². The van der Waals surface area contributed by atoms with E-state index in [1.165, 1.54) is 0 Å². The van der Waals surface area contributed by atoms with Crippen molar-refractivity contribution < 1.29 is 9.53 Å². The molecule has 3 nitrogen and oxygen atoms in total.